The van der Waals surface area contributed by atoms with Crippen LogP contribution in [0.2, 0.25) is 5.02 Å². The standard InChI is InChI=1S/C23H24ClNO4/c1-5-28-21(26)23(15(4)20(23)16-9-7-6-8-10-16)18-12-11-17(13-19(18)24)25-22(27)29-14(2)3/h6-14H,5H2,1-4H3,(H,25,27). The molecule has 0 aliphatic heterocycles. The Kier molecular flexibility index (Phi) is 5.99. The molecule has 0 bridgehead atoms. The van der Waals surface area contributed by atoms with E-state index in [1.165, 1.54) is 0 Å². The number of carbonyl (C=O) groups excluding carboxylic acids is 2. The molecule has 1 aliphatic rings. The third kappa shape index (κ3) is 3.87. The molecule has 2 aromatic carbocycles. The molecule has 0 heterocycles. The number of anilines is 1. The molecule has 0 radical (unpaired) electrons. The van der Waals surface area contributed by atoms with Crippen molar-refractivity contribution in [2.75, 3.05) is 11.9 Å². The summed E-state index contributed by atoms with van der Waals surface area (Å²) in [6, 6.07) is 14.8. The van der Waals surface area contributed by atoms with Crippen LogP contribution in [-0.4, -0.2) is 24.8 Å². The summed E-state index contributed by atoms with van der Waals surface area (Å²) in [4.78, 5) is 24.9. The predicted octanol–water partition coefficient (Wildman–Crippen LogP) is 5.59. The molecule has 3 rings (SSSR count). The van der Waals surface area contributed by atoms with Gasteiger partial charge in [-0.1, -0.05) is 48.0 Å². The number of esters is 1. The molecule has 0 saturated heterocycles. The predicted molar refractivity (Wildman–Crippen MR) is 114 cm³/mol. The molecule has 5 nitrogen and oxygen atoms in total. The number of benzene rings is 2. The summed E-state index contributed by atoms with van der Waals surface area (Å²) in [5, 5.41) is 3.01. The Bertz CT molecular complexity index is 968. The molecule has 1 aliphatic carbocycles. The molecular formula is C23H24ClNO4. The Morgan fingerprint density at radius 2 is 1.83 bits per heavy atom. The van der Waals surface area contributed by atoms with Crippen LogP contribution >= 0.6 is 11.6 Å². The highest BCUT2D eigenvalue weighted by Gasteiger charge is 2.60. The molecular weight excluding hydrogens is 390 g/mol. The van der Waals surface area contributed by atoms with Crippen molar-refractivity contribution in [1.29, 1.82) is 0 Å². The highest BCUT2D eigenvalue weighted by atomic mass is 35.5. The van der Waals surface area contributed by atoms with Gasteiger partial charge in [0.15, 0.2) is 0 Å². The highest BCUT2D eigenvalue weighted by Crippen LogP contribution is 2.61. The van der Waals surface area contributed by atoms with Crippen molar-refractivity contribution in [1.82, 2.24) is 0 Å². The van der Waals surface area contributed by atoms with E-state index in [-0.39, 0.29) is 18.7 Å². The van der Waals surface area contributed by atoms with E-state index in [1.54, 1.807) is 39.0 Å². The zero-order valence-corrected chi connectivity index (χ0v) is 17.7. The lowest BCUT2D eigenvalue weighted by Gasteiger charge is -2.21. The summed E-state index contributed by atoms with van der Waals surface area (Å²) < 4.78 is 10.5. The zero-order chi connectivity index (χ0) is 21.2. The van der Waals surface area contributed by atoms with Gasteiger partial charge in [-0.05, 0) is 62.1 Å². The van der Waals surface area contributed by atoms with Crippen LogP contribution in [-0.2, 0) is 19.7 Å². The molecule has 29 heavy (non-hydrogen) atoms. The Labute approximate surface area is 175 Å². The van der Waals surface area contributed by atoms with Gasteiger partial charge in [0.25, 0.3) is 0 Å². The molecule has 1 unspecified atom stereocenters. The molecule has 1 atom stereocenters. The lowest BCUT2D eigenvalue weighted by molar-refractivity contribution is -0.145. The quantitative estimate of drug-likeness (QED) is 0.627. The van der Waals surface area contributed by atoms with Crippen LogP contribution in [0.25, 0.3) is 5.57 Å². The van der Waals surface area contributed by atoms with Crippen LogP contribution in [0.15, 0.2) is 54.1 Å². The summed E-state index contributed by atoms with van der Waals surface area (Å²) in [5.41, 5.74) is 2.88. The minimum Gasteiger partial charge on any atom is -0.465 e. The molecule has 0 aromatic heterocycles. The van der Waals surface area contributed by atoms with E-state index < -0.39 is 11.5 Å². The summed E-state index contributed by atoms with van der Waals surface area (Å²) in [6.07, 6.45) is -0.793. The van der Waals surface area contributed by atoms with Crippen molar-refractivity contribution in [2.24, 2.45) is 0 Å². The summed E-state index contributed by atoms with van der Waals surface area (Å²) >= 11 is 6.58. The minimum absolute atomic E-state index is 0.233. The topological polar surface area (TPSA) is 64.6 Å². The summed E-state index contributed by atoms with van der Waals surface area (Å²) in [7, 11) is 0. The fraction of sp³-hybridized carbons (Fsp3) is 0.304. The maximum absolute atomic E-state index is 13.0. The number of halogens is 1. The van der Waals surface area contributed by atoms with Crippen LogP contribution in [0, 0.1) is 0 Å². The van der Waals surface area contributed by atoms with Crippen molar-refractivity contribution in [3.8, 4) is 0 Å². The maximum Gasteiger partial charge on any atom is 0.411 e. The molecule has 1 N–H and O–H groups in total. The fourth-order valence-electron chi connectivity index (χ4n) is 3.64. The van der Waals surface area contributed by atoms with Crippen molar-refractivity contribution >= 4 is 34.9 Å². The smallest absolute Gasteiger partial charge is 0.411 e. The van der Waals surface area contributed by atoms with Gasteiger partial charge in [0.05, 0.1) is 12.7 Å². The van der Waals surface area contributed by atoms with Crippen LogP contribution in [0.4, 0.5) is 10.5 Å². The normalized spacial score (nSPS) is 17.9. The number of hydrogen-bond acceptors (Lipinski definition) is 4. The van der Waals surface area contributed by atoms with Gasteiger partial charge in [0.2, 0.25) is 0 Å². The van der Waals surface area contributed by atoms with Crippen molar-refractivity contribution in [2.45, 2.75) is 39.2 Å². The van der Waals surface area contributed by atoms with Crippen LogP contribution in [0.3, 0.4) is 0 Å². The van der Waals surface area contributed by atoms with E-state index in [9.17, 15) is 9.59 Å². The summed E-state index contributed by atoms with van der Waals surface area (Å²) in [5.74, 6) is -0.349. The van der Waals surface area contributed by atoms with Gasteiger partial charge >= 0.3 is 12.1 Å². The maximum atomic E-state index is 13.0. The Hall–Kier alpha value is -2.79. The van der Waals surface area contributed by atoms with Crippen molar-refractivity contribution in [3.63, 3.8) is 0 Å². The van der Waals surface area contributed by atoms with Gasteiger partial charge in [-0.15, -0.1) is 0 Å². The molecule has 0 spiro atoms. The van der Waals surface area contributed by atoms with Crippen LogP contribution in [0.1, 0.15) is 38.8 Å². The molecule has 0 saturated carbocycles. The van der Waals surface area contributed by atoms with Crippen molar-refractivity contribution < 1.29 is 19.1 Å². The number of rotatable bonds is 6. The van der Waals surface area contributed by atoms with Crippen molar-refractivity contribution in [3.05, 3.63) is 70.3 Å². The summed E-state index contributed by atoms with van der Waals surface area (Å²) in [6.45, 7) is 7.51. The van der Waals surface area contributed by atoms with Gasteiger partial charge in [-0.3, -0.25) is 10.1 Å². The van der Waals surface area contributed by atoms with Crippen LogP contribution < -0.4 is 5.32 Å². The van der Waals surface area contributed by atoms with Gasteiger partial charge in [0, 0.05) is 10.7 Å². The first-order valence-corrected chi connectivity index (χ1v) is 9.92. The Balaban J connectivity index is 1.97. The average Bonchev–Trinajstić information content (AvgIpc) is 3.28. The Morgan fingerprint density at radius 1 is 1.14 bits per heavy atom. The lowest BCUT2D eigenvalue weighted by Crippen LogP contribution is -2.28. The average molecular weight is 414 g/mol. The molecule has 2 aromatic rings. The lowest BCUT2D eigenvalue weighted by atomic mass is 9.86. The largest absolute Gasteiger partial charge is 0.465 e. The SMILES string of the molecule is CCOC(=O)C1(c2ccc(NC(=O)OC(C)C)cc2Cl)C(C)=C1c1ccccc1. The first-order valence-electron chi connectivity index (χ1n) is 9.54. The van der Waals surface area contributed by atoms with E-state index in [0.29, 0.717) is 16.3 Å². The monoisotopic (exact) mass is 413 g/mol. The second-order valence-corrected chi connectivity index (χ2v) is 7.52. The van der Waals surface area contributed by atoms with Gasteiger partial charge < -0.3 is 9.47 Å². The Morgan fingerprint density at radius 3 is 2.41 bits per heavy atom. The molecule has 1 amide bonds. The first-order chi connectivity index (χ1) is 13.8. The van der Waals surface area contributed by atoms with E-state index in [0.717, 1.165) is 16.7 Å². The van der Waals surface area contributed by atoms with E-state index in [2.05, 4.69) is 5.32 Å². The number of hydrogen-bond donors (Lipinski definition) is 1. The second-order valence-electron chi connectivity index (χ2n) is 7.11. The first kappa shape index (κ1) is 20.9. The van der Waals surface area contributed by atoms with Gasteiger partial charge in [-0.2, -0.15) is 0 Å². The van der Waals surface area contributed by atoms with Gasteiger partial charge in [-0.25, -0.2) is 4.79 Å². The highest BCUT2D eigenvalue weighted by molar-refractivity contribution is 6.33. The van der Waals surface area contributed by atoms with Crippen LogP contribution in [0.5, 0.6) is 0 Å². The van der Waals surface area contributed by atoms with E-state index in [4.69, 9.17) is 21.1 Å². The third-order valence-corrected chi connectivity index (χ3v) is 5.17. The molecule has 0 fully saturated rings. The third-order valence-electron chi connectivity index (χ3n) is 4.86. The molecule has 6 heteroatoms. The number of carbonyl (C=O) groups is 2. The molecule has 152 valence electrons. The van der Waals surface area contributed by atoms with E-state index in [1.807, 2.05) is 37.3 Å². The zero-order valence-electron chi connectivity index (χ0n) is 16.9. The minimum atomic E-state index is -1.01. The fourth-order valence-corrected chi connectivity index (χ4v) is 3.97. The number of nitrogens with one attached hydrogen (secondary N) is 1. The van der Waals surface area contributed by atoms with E-state index >= 15 is 0 Å². The van der Waals surface area contributed by atoms with Gasteiger partial charge in [0.1, 0.15) is 5.41 Å². The second kappa shape index (κ2) is 8.29. The number of amides is 1. The number of ether oxygens (including phenoxy) is 2.